The fourth-order valence-corrected chi connectivity index (χ4v) is 3.63. The first-order valence-corrected chi connectivity index (χ1v) is 9.02. The first-order chi connectivity index (χ1) is 12.2. The molecule has 3 aromatic rings. The number of para-hydroxylation sites is 1. The lowest BCUT2D eigenvalue weighted by atomic mass is 10.1. The summed E-state index contributed by atoms with van der Waals surface area (Å²) in [5, 5.41) is 0.988. The van der Waals surface area contributed by atoms with E-state index < -0.39 is 0 Å². The molecular weight excluding hydrogens is 332 g/mol. The molecule has 0 fully saturated rings. The van der Waals surface area contributed by atoms with E-state index in [4.69, 9.17) is 4.74 Å². The number of rotatable bonds is 7. The molecule has 130 valence electrons. The van der Waals surface area contributed by atoms with Gasteiger partial charge in [0.15, 0.2) is 0 Å². The van der Waals surface area contributed by atoms with Crippen LogP contribution in [0.1, 0.15) is 17.5 Å². The number of nitrogens with zero attached hydrogens (tertiary/aromatic N) is 4. The van der Waals surface area contributed by atoms with Crippen molar-refractivity contribution in [3.05, 3.63) is 59.6 Å². The van der Waals surface area contributed by atoms with Gasteiger partial charge in [-0.05, 0) is 26.1 Å². The largest absolute Gasteiger partial charge is 0.496 e. The highest BCUT2D eigenvalue weighted by atomic mass is 32.1. The van der Waals surface area contributed by atoms with Crippen molar-refractivity contribution in [1.29, 1.82) is 0 Å². The molecule has 1 aromatic carbocycles. The second-order valence-electron chi connectivity index (χ2n) is 6.00. The number of aromatic nitrogens is 3. The normalized spacial score (nSPS) is 12.3. The van der Waals surface area contributed by atoms with Gasteiger partial charge in [0.25, 0.3) is 0 Å². The Morgan fingerprint density at radius 1 is 1.16 bits per heavy atom. The summed E-state index contributed by atoms with van der Waals surface area (Å²) in [5.41, 5.74) is 2.05. The fourth-order valence-electron chi connectivity index (χ4n) is 2.62. The highest BCUT2D eigenvalue weighted by Gasteiger charge is 2.14. The average Bonchev–Trinajstić information content (AvgIpc) is 3.10. The van der Waals surface area contributed by atoms with Gasteiger partial charge in [-0.2, -0.15) is 0 Å². The van der Waals surface area contributed by atoms with Gasteiger partial charge in [-0.15, -0.1) is 11.3 Å². The number of benzene rings is 1. The summed E-state index contributed by atoms with van der Waals surface area (Å²) in [6, 6.07) is 8.36. The van der Waals surface area contributed by atoms with Gasteiger partial charge in [-0.3, -0.25) is 14.9 Å². The second kappa shape index (κ2) is 8.18. The van der Waals surface area contributed by atoms with Crippen molar-refractivity contribution >= 4 is 11.3 Å². The third kappa shape index (κ3) is 4.41. The topological polar surface area (TPSA) is 51.1 Å². The maximum absolute atomic E-state index is 5.44. The smallest absolute Gasteiger partial charge is 0.129 e. The molecule has 0 aliphatic rings. The molecule has 1 atom stereocenters. The Hall–Kier alpha value is -2.31. The third-order valence-corrected chi connectivity index (χ3v) is 5.19. The molecule has 5 nitrogen and oxygen atoms in total. The van der Waals surface area contributed by atoms with Crippen molar-refractivity contribution in [3.63, 3.8) is 0 Å². The highest BCUT2D eigenvalue weighted by molar-refractivity contribution is 7.15. The SMILES string of the molecule is COc1ccccc1-c1ncc(CN(C)C(C)Cc2cnccn2)s1. The molecule has 0 radical (unpaired) electrons. The van der Waals surface area contributed by atoms with Crippen LogP contribution >= 0.6 is 11.3 Å². The van der Waals surface area contributed by atoms with Crippen LogP contribution in [0.4, 0.5) is 0 Å². The van der Waals surface area contributed by atoms with Crippen molar-refractivity contribution in [1.82, 2.24) is 19.9 Å². The zero-order valence-corrected chi connectivity index (χ0v) is 15.5. The lowest BCUT2D eigenvalue weighted by molar-refractivity contribution is 0.248. The summed E-state index contributed by atoms with van der Waals surface area (Å²) in [7, 11) is 3.82. The lowest BCUT2D eigenvalue weighted by Gasteiger charge is -2.23. The Labute approximate surface area is 152 Å². The van der Waals surface area contributed by atoms with E-state index in [0.717, 1.165) is 35.0 Å². The van der Waals surface area contributed by atoms with Crippen LogP contribution in [0.5, 0.6) is 5.75 Å². The van der Waals surface area contributed by atoms with E-state index in [2.05, 4.69) is 33.8 Å². The first kappa shape index (κ1) is 17.5. The quantitative estimate of drug-likeness (QED) is 0.648. The van der Waals surface area contributed by atoms with Crippen molar-refractivity contribution < 1.29 is 4.74 Å². The molecule has 0 saturated heterocycles. The van der Waals surface area contributed by atoms with Crippen LogP contribution in [0.3, 0.4) is 0 Å². The number of ether oxygens (including phenoxy) is 1. The molecular formula is C19H22N4OS. The van der Waals surface area contributed by atoms with Gasteiger partial charge in [0.2, 0.25) is 0 Å². The van der Waals surface area contributed by atoms with Gasteiger partial charge in [0.1, 0.15) is 10.8 Å². The van der Waals surface area contributed by atoms with Crippen LogP contribution < -0.4 is 4.74 Å². The van der Waals surface area contributed by atoms with E-state index in [1.54, 1.807) is 30.8 Å². The van der Waals surface area contributed by atoms with Crippen LogP contribution in [0, 0.1) is 0 Å². The number of hydrogen-bond donors (Lipinski definition) is 0. The molecule has 25 heavy (non-hydrogen) atoms. The lowest BCUT2D eigenvalue weighted by Crippen LogP contribution is -2.30. The van der Waals surface area contributed by atoms with Gasteiger partial charge in [0, 0.05) is 48.7 Å². The van der Waals surface area contributed by atoms with Crippen LogP contribution in [-0.4, -0.2) is 40.1 Å². The number of likely N-dealkylation sites (N-methyl/N-ethyl adjacent to an activating group) is 1. The molecule has 0 bridgehead atoms. The van der Waals surface area contributed by atoms with Crippen LogP contribution in [-0.2, 0) is 13.0 Å². The summed E-state index contributed by atoms with van der Waals surface area (Å²) in [5.74, 6) is 0.854. The number of thiazole rings is 1. The van der Waals surface area contributed by atoms with E-state index in [-0.39, 0.29) is 0 Å². The number of hydrogen-bond acceptors (Lipinski definition) is 6. The van der Waals surface area contributed by atoms with Crippen molar-refractivity contribution in [3.8, 4) is 16.3 Å². The Kier molecular flexibility index (Phi) is 5.73. The number of methoxy groups -OCH3 is 1. The van der Waals surface area contributed by atoms with E-state index in [9.17, 15) is 0 Å². The van der Waals surface area contributed by atoms with Gasteiger partial charge in [-0.1, -0.05) is 12.1 Å². The molecule has 0 N–H and O–H groups in total. The van der Waals surface area contributed by atoms with Crippen LogP contribution in [0.25, 0.3) is 10.6 Å². The van der Waals surface area contributed by atoms with Gasteiger partial charge >= 0.3 is 0 Å². The monoisotopic (exact) mass is 354 g/mol. The minimum Gasteiger partial charge on any atom is -0.496 e. The molecule has 3 rings (SSSR count). The first-order valence-electron chi connectivity index (χ1n) is 8.20. The summed E-state index contributed by atoms with van der Waals surface area (Å²) in [6.07, 6.45) is 8.11. The predicted molar refractivity (Wildman–Crippen MR) is 101 cm³/mol. The van der Waals surface area contributed by atoms with Crippen molar-refractivity contribution in [2.45, 2.75) is 25.9 Å². The predicted octanol–water partition coefficient (Wildman–Crippen LogP) is 3.67. The van der Waals surface area contributed by atoms with E-state index >= 15 is 0 Å². The average molecular weight is 354 g/mol. The standard InChI is InChI=1S/C19H22N4OS/c1-14(10-15-11-20-8-9-21-15)23(2)13-16-12-22-19(25-16)17-6-4-5-7-18(17)24-3/h4-9,11-12,14H,10,13H2,1-3H3. The minimum atomic E-state index is 0.369. The summed E-state index contributed by atoms with van der Waals surface area (Å²) >= 11 is 1.71. The summed E-state index contributed by atoms with van der Waals surface area (Å²) < 4.78 is 5.44. The minimum absolute atomic E-state index is 0.369. The van der Waals surface area contributed by atoms with Gasteiger partial charge in [-0.25, -0.2) is 4.98 Å². The fraction of sp³-hybridized carbons (Fsp3) is 0.316. The van der Waals surface area contributed by atoms with E-state index in [1.807, 2.05) is 36.7 Å². The Morgan fingerprint density at radius 3 is 2.76 bits per heavy atom. The molecule has 2 aromatic heterocycles. The van der Waals surface area contributed by atoms with Gasteiger partial charge in [0.05, 0.1) is 18.4 Å². The summed E-state index contributed by atoms with van der Waals surface area (Å²) in [6.45, 7) is 3.06. The Bertz CT molecular complexity index is 806. The molecule has 6 heteroatoms. The maximum Gasteiger partial charge on any atom is 0.129 e. The molecule has 0 aliphatic heterocycles. The van der Waals surface area contributed by atoms with Crippen molar-refractivity contribution in [2.75, 3.05) is 14.2 Å². The molecule has 0 saturated carbocycles. The van der Waals surface area contributed by atoms with Crippen molar-refractivity contribution in [2.24, 2.45) is 0 Å². The zero-order chi connectivity index (χ0) is 17.6. The van der Waals surface area contributed by atoms with E-state index in [0.29, 0.717) is 6.04 Å². The molecule has 2 heterocycles. The Balaban J connectivity index is 1.66. The molecule has 0 spiro atoms. The zero-order valence-electron chi connectivity index (χ0n) is 14.7. The highest BCUT2D eigenvalue weighted by Crippen LogP contribution is 2.33. The van der Waals surface area contributed by atoms with Crippen LogP contribution in [0.15, 0.2) is 49.1 Å². The second-order valence-corrected chi connectivity index (χ2v) is 7.11. The molecule has 0 aliphatic carbocycles. The van der Waals surface area contributed by atoms with E-state index in [1.165, 1.54) is 4.88 Å². The van der Waals surface area contributed by atoms with Gasteiger partial charge < -0.3 is 4.74 Å². The summed E-state index contributed by atoms with van der Waals surface area (Å²) in [4.78, 5) is 16.6. The maximum atomic E-state index is 5.44. The Morgan fingerprint density at radius 2 is 2.00 bits per heavy atom. The third-order valence-electron chi connectivity index (χ3n) is 4.17. The molecule has 0 amide bonds. The van der Waals surface area contributed by atoms with Crippen LogP contribution in [0.2, 0.25) is 0 Å². The molecule has 1 unspecified atom stereocenters.